The van der Waals surface area contributed by atoms with Gasteiger partial charge in [0.15, 0.2) is 5.41 Å². The number of hydrogen-bond donors (Lipinski definition) is 1. The van der Waals surface area contributed by atoms with Gasteiger partial charge < -0.3 is 14.6 Å². The maximum absolute atomic E-state index is 12.3. The van der Waals surface area contributed by atoms with Gasteiger partial charge in [-0.3, -0.25) is 9.59 Å². The van der Waals surface area contributed by atoms with Crippen LogP contribution in [0.4, 0.5) is 0 Å². The van der Waals surface area contributed by atoms with Gasteiger partial charge in [-0.1, -0.05) is 0 Å². The molecule has 5 nitrogen and oxygen atoms in total. The van der Waals surface area contributed by atoms with Crippen LogP contribution in [0.15, 0.2) is 0 Å². The van der Waals surface area contributed by atoms with Gasteiger partial charge in [-0.05, 0) is 60.3 Å². The number of rotatable bonds is 3. The fourth-order valence-electron chi connectivity index (χ4n) is 2.22. The first-order valence-electron chi connectivity index (χ1n) is 6.97. The highest BCUT2D eigenvalue weighted by atomic mass is 16.6. The summed E-state index contributed by atoms with van der Waals surface area (Å²) in [6.45, 7) is 10.5. The molecule has 0 aliphatic heterocycles. The maximum Gasteiger partial charge on any atom is 0.324 e. The highest BCUT2D eigenvalue weighted by Gasteiger charge is 2.59. The molecule has 1 aliphatic rings. The average Bonchev–Trinajstić information content (AvgIpc) is 2.09. The SMILES string of the molecule is CC(C)(C)OC(=O)C1(C(=O)OC(C)(C)C)CC(CO)C1. The number of ether oxygens (including phenoxy) is 2. The number of aliphatic hydroxyl groups is 1. The van der Waals surface area contributed by atoms with Gasteiger partial charge in [-0.25, -0.2) is 0 Å². The monoisotopic (exact) mass is 286 g/mol. The zero-order valence-corrected chi connectivity index (χ0v) is 13.3. The number of esters is 2. The van der Waals surface area contributed by atoms with Crippen LogP contribution in [0.2, 0.25) is 0 Å². The lowest BCUT2D eigenvalue weighted by Crippen LogP contribution is -2.55. The Morgan fingerprint density at radius 3 is 1.60 bits per heavy atom. The summed E-state index contributed by atoms with van der Waals surface area (Å²) >= 11 is 0. The van der Waals surface area contributed by atoms with Gasteiger partial charge in [-0.2, -0.15) is 0 Å². The van der Waals surface area contributed by atoms with E-state index in [1.54, 1.807) is 41.5 Å². The van der Waals surface area contributed by atoms with Gasteiger partial charge in [0, 0.05) is 6.61 Å². The molecular weight excluding hydrogens is 260 g/mol. The van der Waals surface area contributed by atoms with Crippen molar-refractivity contribution in [2.45, 2.75) is 65.6 Å². The molecule has 20 heavy (non-hydrogen) atoms. The topological polar surface area (TPSA) is 72.8 Å². The summed E-state index contributed by atoms with van der Waals surface area (Å²) in [7, 11) is 0. The van der Waals surface area contributed by atoms with E-state index in [1.165, 1.54) is 0 Å². The Bertz CT molecular complexity index is 350. The molecule has 0 aromatic carbocycles. The van der Waals surface area contributed by atoms with E-state index in [4.69, 9.17) is 14.6 Å². The molecule has 0 heterocycles. The van der Waals surface area contributed by atoms with Crippen molar-refractivity contribution in [3.05, 3.63) is 0 Å². The number of carbonyl (C=O) groups is 2. The minimum absolute atomic E-state index is 0.0344. The van der Waals surface area contributed by atoms with E-state index in [9.17, 15) is 9.59 Å². The molecule has 0 radical (unpaired) electrons. The molecule has 0 amide bonds. The summed E-state index contributed by atoms with van der Waals surface area (Å²) in [6, 6.07) is 0. The van der Waals surface area contributed by atoms with Gasteiger partial charge >= 0.3 is 11.9 Å². The summed E-state index contributed by atoms with van der Waals surface area (Å²) in [6.07, 6.45) is 0.570. The smallest absolute Gasteiger partial charge is 0.324 e. The fourth-order valence-corrected chi connectivity index (χ4v) is 2.22. The van der Waals surface area contributed by atoms with E-state index in [-0.39, 0.29) is 25.4 Å². The number of hydrogen-bond acceptors (Lipinski definition) is 5. The minimum atomic E-state index is -1.26. The van der Waals surface area contributed by atoms with Gasteiger partial charge in [0.2, 0.25) is 0 Å². The average molecular weight is 286 g/mol. The number of aliphatic hydroxyl groups excluding tert-OH is 1. The van der Waals surface area contributed by atoms with Crippen LogP contribution in [-0.4, -0.2) is 34.9 Å². The Labute approximate surface area is 120 Å². The van der Waals surface area contributed by atoms with Crippen molar-refractivity contribution >= 4 is 11.9 Å². The van der Waals surface area contributed by atoms with E-state index >= 15 is 0 Å². The highest BCUT2D eigenvalue weighted by molar-refractivity contribution is 6.01. The third-order valence-corrected chi connectivity index (χ3v) is 3.11. The molecule has 1 aliphatic carbocycles. The molecule has 116 valence electrons. The normalized spacial score (nSPS) is 19.1. The maximum atomic E-state index is 12.3. The first-order valence-corrected chi connectivity index (χ1v) is 6.97. The molecule has 0 atom stereocenters. The molecule has 1 saturated carbocycles. The minimum Gasteiger partial charge on any atom is -0.459 e. The molecule has 0 unspecified atom stereocenters. The van der Waals surface area contributed by atoms with Crippen LogP contribution in [0.5, 0.6) is 0 Å². The van der Waals surface area contributed by atoms with Crippen molar-refractivity contribution in [2.75, 3.05) is 6.61 Å². The van der Waals surface area contributed by atoms with Crippen LogP contribution >= 0.6 is 0 Å². The molecule has 1 fully saturated rings. The lowest BCUT2D eigenvalue weighted by atomic mass is 9.62. The third-order valence-electron chi connectivity index (χ3n) is 3.11. The Balaban J connectivity index is 2.89. The summed E-state index contributed by atoms with van der Waals surface area (Å²) in [4.78, 5) is 24.7. The lowest BCUT2D eigenvalue weighted by Gasteiger charge is -2.44. The summed E-state index contributed by atoms with van der Waals surface area (Å²) in [5.41, 5.74) is -2.57. The van der Waals surface area contributed by atoms with Gasteiger partial charge in [0.05, 0.1) is 0 Å². The largest absolute Gasteiger partial charge is 0.459 e. The van der Waals surface area contributed by atoms with E-state index in [2.05, 4.69) is 0 Å². The van der Waals surface area contributed by atoms with Crippen molar-refractivity contribution in [1.82, 2.24) is 0 Å². The molecule has 1 N–H and O–H groups in total. The third kappa shape index (κ3) is 3.95. The molecule has 1 rings (SSSR count). The zero-order chi connectivity index (χ0) is 15.8. The molecule has 0 bridgehead atoms. The van der Waals surface area contributed by atoms with Crippen molar-refractivity contribution in [3.8, 4) is 0 Å². The van der Waals surface area contributed by atoms with Crippen molar-refractivity contribution in [2.24, 2.45) is 11.3 Å². The number of carbonyl (C=O) groups excluding carboxylic acids is 2. The molecule has 0 spiro atoms. The quantitative estimate of drug-likeness (QED) is 0.635. The van der Waals surface area contributed by atoms with Crippen LogP contribution in [0, 0.1) is 11.3 Å². The molecular formula is C15H26O5. The van der Waals surface area contributed by atoms with Crippen molar-refractivity contribution in [3.63, 3.8) is 0 Å². The van der Waals surface area contributed by atoms with E-state index < -0.39 is 28.6 Å². The predicted octanol–water partition coefficient (Wildman–Crippen LogP) is 2.06. The van der Waals surface area contributed by atoms with Crippen LogP contribution in [0.3, 0.4) is 0 Å². The van der Waals surface area contributed by atoms with Crippen LogP contribution in [0.1, 0.15) is 54.4 Å². The molecule has 0 aromatic heterocycles. The van der Waals surface area contributed by atoms with E-state index in [1.807, 2.05) is 0 Å². The van der Waals surface area contributed by atoms with Crippen LogP contribution in [0.25, 0.3) is 0 Å². The van der Waals surface area contributed by atoms with Crippen LogP contribution < -0.4 is 0 Å². The Hall–Kier alpha value is -1.10. The van der Waals surface area contributed by atoms with Crippen LogP contribution in [-0.2, 0) is 19.1 Å². The second-order valence-electron chi connectivity index (χ2n) is 7.54. The fraction of sp³-hybridized carbons (Fsp3) is 0.867. The van der Waals surface area contributed by atoms with E-state index in [0.29, 0.717) is 0 Å². The Kier molecular flexibility index (Phi) is 4.54. The van der Waals surface area contributed by atoms with E-state index in [0.717, 1.165) is 0 Å². The molecule has 0 saturated heterocycles. The zero-order valence-electron chi connectivity index (χ0n) is 13.3. The Morgan fingerprint density at radius 2 is 1.35 bits per heavy atom. The second kappa shape index (κ2) is 5.35. The first-order chi connectivity index (χ1) is 8.89. The lowest BCUT2D eigenvalue weighted by molar-refractivity contribution is -0.197. The first kappa shape index (κ1) is 17.0. The summed E-state index contributed by atoms with van der Waals surface area (Å²) in [5.74, 6) is -1.15. The van der Waals surface area contributed by atoms with Crippen molar-refractivity contribution in [1.29, 1.82) is 0 Å². The van der Waals surface area contributed by atoms with Gasteiger partial charge in [0.1, 0.15) is 11.2 Å². The highest BCUT2D eigenvalue weighted by Crippen LogP contribution is 2.48. The molecule has 0 aromatic rings. The second-order valence-corrected chi connectivity index (χ2v) is 7.54. The molecule has 5 heteroatoms. The van der Waals surface area contributed by atoms with Gasteiger partial charge in [0.25, 0.3) is 0 Å². The van der Waals surface area contributed by atoms with Gasteiger partial charge in [-0.15, -0.1) is 0 Å². The summed E-state index contributed by atoms with van der Waals surface area (Å²) in [5, 5.41) is 9.14. The Morgan fingerprint density at radius 1 is 1.00 bits per heavy atom. The predicted molar refractivity (Wildman–Crippen MR) is 73.9 cm³/mol. The summed E-state index contributed by atoms with van der Waals surface area (Å²) < 4.78 is 10.7. The van der Waals surface area contributed by atoms with Crippen molar-refractivity contribution < 1.29 is 24.2 Å². The standard InChI is InChI=1S/C15H26O5/c1-13(2,3)19-11(17)15(7-10(8-15)9-16)12(18)20-14(4,5)6/h10,16H,7-9H2,1-6H3.